The zero-order valence-electron chi connectivity index (χ0n) is 14.2. The number of benzene rings is 1. The Morgan fingerprint density at radius 1 is 1.19 bits per heavy atom. The first kappa shape index (κ1) is 16.8. The summed E-state index contributed by atoms with van der Waals surface area (Å²) in [6, 6.07) is 9.87. The molecule has 1 saturated carbocycles. The minimum atomic E-state index is -4.61. The number of imidazole rings is 1. The third-order valence-corrected chi connectivity index (χ3v) is 4.44. The summed E-state index contributed by atoms with van der Waals surface area (Å²) in [7, 11) is 0. The van der Waals surface area contributed by atoms with E-state index in [1.165, 1.54) is 0 Å². The van der Waals surface area contributed by atoms with Crippen LogP contribution in [0.5, 0.6) is 0 Å². The van der Waals surface area contributed by atoms with Crippen LogP contribution >= 0.6 is 0 Å². The summed E-state index contributed by atoms with van der Waals surface area (Å²) in [6.45, 7) is 1.94. The molecule has 0 bridgehead atoms. The molecular weight excluding hydrogens is 343 g/mol. The van der Waals surface area contributed by atoms with Crippen molar-refractivity contribution in [3.8, 4) is 0 Å². The monoisotopic (exact) mass is 361 g/mol. The number of nitrogens with zero attached hydrogens (tertiary/aromatic N) is 4. The van der Waals surface area contributed by atoms with Gasteiger partial charge in [0.25, 0.3) is 0 Å². The Morgan fingerprint density at radius 3 is 2.58 bits per heavy atom. The number of aromatic nitrogens is 4. The fourth-order valence-electron chi connectivity index (χ4n) is 2.94. The molecule has 1 aromatic carbocycles. The maximum absolute atomic E-state index is 13.3. The molecule has 5 nitrogen and oxygen atoms in total. The smallest absolute Gasteiger partial charge is 0.365 e. The van der Waals surface area contributed by atoms with Crippen LogP contribution in [0.3, 0.4) is 0 Å². The third-order valence-electron chi connectivity index (χ3n) is 4.44. The lowest BCUT2D eigenvalue weighted by molar-refractivity contribution is -0.144. The Morgan fingerprint density at radius 2 is 1.92 bits per heavy atom. The minimum Gasteiger partial charge on any atom is -0.365 e. The van der Waals surface area contributed by atoms with E-state index in [0.29, 0.717) is 11.9 Å². The molecule has 4 rings (SSSR count). The van der Waals surface area contributed by atoms with Gasteiger partial charge in [0, 0.05) is 12.1 Å². The van der Waals surface area contributed by atoms with Gasteiger partial charge in [-0.1, -0.05) is 30.3 Å². The van der Waals surface area contributed by atoms with Gasteiger partial charge in [-0.15, -0.1) is 0 Å². The highest BCUT2D eigenvalue weighted by Gasteiger charge is 2.37. The van der Waals surface area contributed by atoms with Gasteiger partial charge in [-0.25, -0.2) is 15.0 Å². The Bertz CT molecular complexity index is 916. The lowest BCUT2D eigenvalue weighted by atomic mass is 10.1. The van der Waals surface area contributed by atoms with Crippen molar-refractivity contribution in [3.05, 3.63) is 48.0 Å². The van der Waals surface area contributed by atoms with E-state index in [1.807, 2.05) is 37.3 Å². The van der Waals surface area contributed by atoms with E-state index in [1.54, 1.807) is 10.9 Å². The summed E-state index contributed by atoms with van der Waals surface area (Å²) in [4.78, 5) is 11.8. The number of hydrogen-bond acceptors (Lipinski definition) is 4. The highest BCUT2D eigenvalue weighted by molar-refractivity contribution is 5.83. The highest BCUT2D eigenvalue weighted by Crippen LogP contribution is 2.33. The Hall–Kier alpha value is -2.64. The van der Waals surface area contributed by atoms with Crippen LogP contribution in [-0.4, -0.2) is 25.6 Å². The topological polar surface area (TPSA) is 55.6 Å². The van der Waals surface area contributed by atoms with Crippen molar-refractivity contribution in [2.24, 2.45) is 0 Å². The van der Waals surface area contributed by atoms with Crippen molar-refractivity contribution in [1.29, 1.82) is 0 Å². The molecule has 2 aromatic heterocycles. The average molecular weight is 361 g/mol. The van der Waals surface area contributed by atoms with Gasteiger partial charge in [0.05, 0.1) is 6.33 Å². The zero-order valence-corrected chi connectivity index (χ0v) is 14.2. The molecule has 0 aliphatic heterocycles. The molecule has 0 spiro atoms. The van der Waals surface area contributed by atoms with E-state index in [-0.39, 0.29) is 23.5 Å². The maximum Gasteiger partial charge on any atom is 0.451 e. The Labute approximate surface area is 148 Å². The summed E-state index contributed by atoms with van der Waals surface area (Å²) >= 11 is 0. The van der Waals surface area contributed by atoms with E-state index in [9.17, 15) is 13.2 Å². The number of anilines is 1. The van der Waals surface area contributed by atoms with Gasteiger partial charge in [-0.3, -0.25) is 0 Å². The van der Waals surface area contributed by atoms with Crippen LogP contribution in [0.25, 0.3) is 11.2 Å². The lowest BCUT2D eigenvalue weighted by Crippen LogP contribution is -2.16. The van der Waals surface area contributed by atoms with E-state index < -0.39 is 12.0 Å². The van der Waals surface area contributed by atoms with E-state index in [2.05, 4.69) is 20.3 Å². The molecule has 1 fully saturated rings. The summed E-state index contributed by atoms with van der Waals surface area (Å²) < 4.78 is 41.4. The standard InChI is InChI=1S/C18H18F3N5/c1-11(9-12-5-3-2-4-6-12)26-10-22-14-15(23-13-7-8-13)24-17(18(19,20)21)25-16(14)26/h2-6,10-11,13H,7-9H2,1H3,(H,23,24,25). The number of halogens is 3. The second-order valence-corrected chi connectivity index (χ2v) is 6.67. The molecule has 1 aliphatic carbocycles. The fourth-order valence-corrected chi connectivity index (χ4v) is 2.94. The van der Waals surface area contributed by atoms with Crippen LogP contribution in [0.2, 0.25) is 0 Å². The maximum atomic E-state index is 13.3. The molecular formula is C18H18F3N5. The fraction of sp³-hybridized carbons (Fsp3) is 0.389. The molecule has 1 aliphatic rings. The summed E-state index contributed by atoms with van der Waals surface area (Å²) in [5, 5.41) is 3.05. The van der Waals surface area contributed by atoms with E-state index in [0.717, 1.165) is 18.4 Å². The first-order valence-corrected chi connectivity index (χ1v) is 8.54. The Kier molecular flexibility index (Phi) is 4.05. The molecule has 1 N–H and O–H groups in total. The molecule has 2 heterocycles. The molecule has 136 valence electrons. The predicted molar refractivity (Wildman–Crippen MR) is 91.8 cm³/mol. The van der Waals surface area contributed by atoms with Crippen LogP contribution in [0.15, 0.2) is 36.7 Å². The van der Waals surface area contributed by atoms with E-state index in [4.69, 9.17) is 0 Å². The number of alkyl halides is 3. The first-order valence-electron chi connectivity index (χ1n) is 8.54. The van der Waals surface area contributed by atoms with Gasteiger partial charge in [0.15, 0.2) is 11.5 Å². The normalized spacial score (nSPS) is 16.0. The number of fused-ring (bicyclic) bond motifs is 1. The van der Waals surface area contributed by atoms with Crippen molar-refractivity contribution in [2.75, 3.05) is 5.32 Å². The lowest BCUT2D eigenvalue weighted by Gasteiger charge is -2.15. The van der Waals surface area contributed by atoms with Crippen LogP contribution in [0.4, 0.5) is 19.0 Å². The molecule has 0 amide bonds. The van der Waals surface area contributed by atoms with Crippen molar-refractivity contribution >= 4 is 17.0 Å². The highest BCUT2D eigenvalue weighted by atomic mass is 19.4. The molecule has 0 radical (unpaired) electrons. The first-order chi connectivity index (χ1) is 12.4. The van der Waals surface area contributed by atoms with Crippen LogP contribution in [0, 0.1) is 0 Å². The van der Waals surface area contributed by atoms with Crippen molar-refractivity contribution < 1.29 is 13.2 Å². The molecule has 8 heteroatoms. The zero-order chi connectivity index (χ0) is 18.3. The predicted octanol–water partition coefficient (Wildman–Crippen LogP) is 4.22. The van der Waals surface area contributed by atoms with Crippen molar-refractivity contribution in [1.82, 2.24) is 19.5 Å². The molecule has 3 aromatic rings. The second kappa shape index (κ2) is 6.26. The third kappa shape index (κ3) is 3.36. The van der Waals surface area contributed by atoms with Crippen LogP contribution in [-0.2, 0) is 12.6 Å². The van der Waals surface area contributed by atoms with Gasteiger partial charge in [0.2, 0.25) is 5.82 Å². The summed E-state index contributed by atoms with van der Waals surface area (Å²) in [5.41, 5.74) is 1.69. The minimum absolute atomic E-state index is 0.0906. The Balaban J connectivity index is 1.75. The van der Waals surface area contributed by atoms with Crippen molar-refractivity contribution in [2.45, 2.75) is 44.4 Å². The number of hydrogen-bond donors (Lipinski definition) is 1. The summed E-state index contributed by atoms with van der Waals surface area (Å²) in [6.07, 6.45) is -0.532. The number of rotatable bonds is 5. The van der Waals surface area contributed by atoms with Gasteiger partial charge in [0.1, 0.15) is 5.52 Å². The van der Waals surface area contributed by atoms with Crippen molar-refractivity contribution in [3.63, 3.8) is 0 Å². The number of nitrogens with one attached hydrogen (secondary N) is 1. The van der Waals surface area contributed by atoms with E-state index >= 15 is 0 Å². The van der Waals surface area contributed by atoms with Gasteiger partial charge in [-0.2, -0.15) is 13.2 Å². The SMILES string of the molecule is CC(Cc1ccccc1)n1cnc2c(NC3CC3)nc(C(F)(F)F)nc21. The van der Waals surface area contributed by atoms with Crippen LogP contribution < -0.4 is 5.32 Å². The van der Waals surface area contributed by atoms with Gasteiger partial charge >= 0.3 is 6.18 Å². The molecule has 0 saturated heterocycles. The quantitative estimate of drug-likeness (QED) is 0.739. The molecule has 1 unspecified atom stereocenters. The molecule has 1 atom stereocenters. The summed E-state index contributed by atoms with van der Waals surface area (Å²) in [5.74, 6) is -0.975. The molecule has 26 heavy (non-hydrogen) atoms. The second-order valence-electron chi connectivity index (χ2n) is 6.67. The van der Waals surface area contributed by atoms with Crippen LogP contribution in [0.1, 0.15) is 37.2 Å². The van der Waals surface area contributed by atoms with Gasteiger partial charge in [-0.05, 0) is 31.7 Å². The largest absolute Gasteiger partial charge is 0.451 e. The average Bonchev–Trinajstić information content (AvgIpc) is 3.30. The van der Waals surface area contributed by atoms with Gasteiger partial charge < -0.3 is 9.88 Å².